The second-order valence-electron chi connectivity index (χ2n) is 3.84. The van der Waals surface area contributed by atoms with Gasteiger partial charge < -0.3 is 10.0 Å². The maximum Gasteiger partial charge on any atom is 0.488 e. The fourth-order valence-electron chi connectivity index (χ4n) is 1.57. The van der Waals surface area contributed by atoms with E-state index in [2.05, 4.69) is 0 Å². The number of thioether (sulfide) groups is 1. The van der Waals surface area contributed by atoms with Crippen LogP contribution in [-0.4, -0.2) is 17.2 Å². The summed E-state index contributed by atoms with van der Waals surface area (Å²) in [6, 6.07) is 14.9. The van der Waals surface area contributed by atoms with Crippen molar-refractivity contribution in [2.24, 2.45) is 0 Å². The molecule has 0 radical (unpaired) electrons. The van der Waals surface area contributed by atoms with Gasteiger partial charge in [-0.1, -0.05) is 48.0 Å². The van der Waals surface area contributed by atoms with Crippen LogP contribution in [0.15, 0.2) is 53.4 Å². The lowest BCUT2D eigenvalue weighted by molar-refractivity contribution is 0.425. The molecule has 0 aromatic heterocycles. The second-order valence-corrected chi connectivity index (χ2v) is 5.26. The van der Waals surface area contributed by atoms with Crippen LogP contribution in [0.4, 0.5) is 0 Å². The Labute approximate surface area is 116 Å². The molecule has 2 rings (SSSR count). The molecule has 0 atom stereocenters. The summed E-state index contributed by atoms with van der Waals surface area (Å²) in [4.78, 5) is 1.02. The SMILES string of the molecule is OB(O)c1cccc(CSc2ccccc2Cl)c1. The Morgan fingerprint density at radius 3 is 2.56 bits per heavy atom. The Kier molecular flexibility index (Phi) is 4.72. The van der Waals surface area contributed by atoms with Crippen molar-refractivity contribution in [3.63, 3.8) is 0 Å². The van der Waals surface area contributed by atoms with Gasteiger partial charge in [-0.15, -0.1) is 11.8 Å². The Bertz CT molecular complexity index is 534. The van der Waals surface area contributed by atoms with Crippen molar-refractivity contribution in [1.82, 2.24) is 0 Å². The molecule has 18 heavy (non-hydrogen) atoms. The maximum atomic E-state index is 9.11. The summed E-state index contributed by atoms with van der Waals surface area (Å²) < 4.78 is 0. The van der Waals surface area contributed by atoms with Gasteiger partial charge in [-0.05, 0) is 23.2 Å². The average molecular weight is 279 g/mol. The average Bonchev–Trinajstić information content (AvgIpc) is 2.38. The van der Waals surface area contributed by atoms with E-state index in [0.717, 1.165) is 21.2 Å². The molecule has 2 nitrogen and oxygen atoms in total. The Hall–Kier alpha value is -0.935. The molecule has 0 fully saturated rings. The minimum Gasteiger partial charge on any atom is -0.423 e. The van der Waals surface area contributed by atoms with Crippen LogP contribution in [0.25, 0.3) is 0 Å². The maximum absolute atomic E-state index is 9.11. The molecule has 0 heterocycles. The highest BCUT2D eigenvalue weighted by Crippen LogP contribution is 2.29. The first-order valence-electron chi connectivity index (χ1n) is 5.49. The molecule has 92 valence electrons. The van der Waals surface area contributed by atoms with Crippen molar-refractivity contribution >= 4 is 35.9 Å². The van der Waals surface area contributed by atoms with Gasteiger partial charge in [0.15, 0.2) is 0 Å². The van der Waals surface area contributed by atoms with Crippen LogP contribution in [0.3, 0.4) is 0 Å². The Morgan fingerprint density at radius 2 is 1.83 bits per heavy atom. The molecule has 2 aromatic rings. The van der Waals surface area contributed by atoms with Gasteiger partial charge in [-0.25, -0.2) is 0 Å². The van der Waals surface area contributed by atoms with Crippen LogP contribution in [0.2, 0.25) is 5.02 Å². The smallest absolute Gasteiger partial charge is 0.423 e. The Morgan fingerprint density at radius 1 is 1.06 bits per heavy atom. The molecule has 2 N–H and O–H groups in total. The highest BCUT2D eigenvalue weighted by atomic mass is 35.5. The van der Waals surface area contributed by atoms with E-state index in [1.807, 2.05) is 36.4 Å². The Balaban J connectivity index is 2.07. The van der Waals surface area contributed by atoms with Crippen LogP contribution >= 0.6 is 23.4 Å². The van der Waals surface area contributed by atoms with E-state index in [-0.39, 0.29) is 0 Å². The summed E-state index contributed by atoms with van der Waals surface area (Å²) in [5.74, 6) is 0.740. The molecule has 0 saturated carbocycles. The molecule has 0 aliphatic rings. The molecular formula is C13H12BClO2S. The molecule has 0 spiro atoms. The van der Waals surface area contributed by atoms with E-state index in [1.165, 1.54) is 0 Å². The zero-order valence-corrected chi connectivity index (χ0v) is 11.2. The van der Waals surface area contributed by atoms with Gasteiger partial charge in [0, 0.05) is 10.6 Å². The minimum atomic E-state index is -1.42. The lowest BCUT2D eigenvalue weighted by Gasteiger charge is -2.06. The van der Waals surface area contributed by atoms with Crippen LogP contribution < -0.4 is 5.46 Å². The third-order valence-electron chi connectivity index (χ3n) is 2.48. The van der Waals surface area contributed by atoms with Crippen molar-refractivity contribution in [2.45, 2.75) is 10.6 Å². The van der Waals surface area contributed by atoms with Gasteiger partial charge in [-0.2, -0.15) is 0 Å². The third-order valence-corrected chi connectivity index (χ3v) is 4.07. The van der Waals surface area contributed by atoms with Crippen molar-refractivity contribution in [1.29, 1.82) is 0 Å². The highest BCUT2D eigenvalue weighted by molar-refractivity contribution is 7.98. The number of halogens is 1. The molecule has 2 aromatic carbocycles. The third kappa shape index (κ3) is 3.53. The number of benzene rings is 2. The van der Waals surface area contributed by atoms with Crippen molar-refractivity contribution in [2.75, 3.05) is 0 Å². The highest BCUT2D eigenvalue weighted by Gasteiger charge is 2.10. The quantitative estimate of drug-likeness (QED) is 0.666. The van der Waals surface area contributed by atoms with Gasteiger partial charge in [0.2, 0.25) is 0 Å². The lowest BCUT2D eigenvalue weighted by atomic mass is 9.80. The van der Waals surface area contributed by atoms with Crippen molar-refractivity contribution in [3.05, 3.63) is 59.1 Å². The fraction of sp³-hybridized carbons (Fsp3) is 0.0769. The molecule has 0 bridgehead atoms. The first kappa shape index (κ1) is 13.5. The topological polar surface area (TPSA) is 40.5 Å². The number of rotatable bonds is 4. The number of hydrogen-bond acceptors (Lipinski definition) is 3. The van der Waals surface area contributed by atoms with Crippen molar-refractivity contribution in [3.8, 4) is 0 Å². The first-order valence-corrected chi connectivity index (χ1v) is 6.85. The minimum absolute atomic E-state index is 0.507. The van der Waals surface area contributed by atoms with Crippen LogP contribution in [-0.2, 0) is 5.75 Å². The summed E-state index contributed by atoms with van der Waals surface area (Å²) in [6.07, 6.45) is 0. The summed E-state index contributed by atoms with van der Waals surface area (Å²) in [7, 11) is -1.42. The normalized spacial score (nSPS) is 10.4. The molecular weight excluding hydrogens is 266 g/mol. The van der Waals surface area contributed by atoms with E-state index in [4.69, 9.17) is 21.6 Å². The number of hydrogen-bond donors (Lipinski definition) is 2. The van der Waals surface area contributed by atoms with Gasteiger partial charge in [0.1, 0.15) is 0 Å². The van der Waals surface area contributed by atoms with E-state index in [9.17, 15) is 0 Å². The van der Waals surface area contributed by atoms with E-state index >= 15 is 0 Å². The van der Waals surface area contributed by atoms with Gasteiger partial charge in [0.25, 0.3) is 0 Å². The molecule has 0 saturated heterocycles. The van der Waals surface area contributed by atoms with Gasteiger partial charge in [-0.3, -0.25) is 0 Å². The van der Waals surface area contributed by atoms with Crippen LogP contribution in [0, 0.1) is 0 Å². The summed E-state index contributed by atoms with van der Waals surface area (Å²) >= 11 is 7.70. The fourth-order valence-corrected chi connectivity index (χ4v) is 2.75. The lowest BCUT2D eigenvalue weighted by Crippen LogP contribution is -2.29. The standard InChI is InChI=1S/C13H12BClO2S/c15-12-6-1-2-7-13(12)18-9-10-4-3-5-11(8-10)14(16)17/h1-8,16-17H,9H2. The zero-order chi connectivity index (χ0) is 13.0. The van der Waals surface area contributed by atoms with Gasteiger partial charge in [0.05, 0.1) is 5.02 Å². The van der Waals surface area contributed by atoms with E-state index in [1.54, 1.807) is 23.9 Å². The summed E-state index contributed by atoms with van der Waals surface area (Å²) in [5, 5.41) is 18.9. The molecule has 0 amide bonds. The van der Waals surface area contributed by atoms with Gasteiger partial charge >= 0.3 is 7.12 Å². The largest absolute Gasteiger partial charge is 0.488 e. The summed E-state index contributed by atoms with van der Waals surface area (Å²) in [6.45, 7) is 0. The summed E-state index contributed by atoms with van der Waals surface area (Å²) in [5.41, 5.74) is 1.54. The van der Waals surface area contributed by atoms with Crippen LogP contribution in [0.5, 0.6) is 0 Å². The molecule has 0 unspecified atom stereocenters. The van der Waals surface area contributed by atoms with Crippen LogP contribution in [0.1, 0.15) is 5.56 Å². The molecule has 5 heteroatoms. The molecule has 0 aliphatic carbocycles. The van der Waals surface area contributed by atoms with Crippen molar-refractivity contribution < 1.29 is 10.0 Å². The zero-order valence-electron chi connectivity index (χ0n) is 9.58. The first-order chi connectivity index (χ1) is 8.66. The predicted molar refractivity (Wildman–Crippen MR) is 77.3 cm³/mol. The second kappa shape index (κ2) is 6.30. The monoisotopic (exact) mass is 278 g/mol. The molecule has 0 aliphatic heterocycles. The van der Waals surface area contributed by atoms with E-state index in [0.29, 0.717) is 5.46 Å². The predicted octanol–water partition coefficient (Wildman–Crippen LogP) is 2.31. The van der Waals surface area contributed by atoms with E-state index < -0.39 is 7.12 Å².